The molecule has 0 bridgehead atoms. The number of nitrogens with zero attached hydrogens (tertiary/aromatic N) is 1. The molecule has 1 aromatic carbocycles. The minimum absolute atomic E-state index is 0.0343. The summed E-state index contributed by atoms with van der Waals surface area (Å²) in [5.41, 5.74) is -1.33. The van der Waals surface area contributed by atoms with Crippen molar-refractivity contribution in [2.75, 3.05) is 5.75 Å². The molecule has 1 atom stereocenters. The molecule has 0 aliphatic rings. The van der Waals surface area contributed by atoms with Crippen LogP contribution in [0.25, 0.3) is 0 Å². The van der Waals surface area contributed by atoms with Gasteiger partial charge in [-0.1, -0.05) is 5.92 Å². The summed E-state index contributed by atoms with van der Waals surface area (Å²) in [7, 11) is -3.66. The Labute approximate surface area is 100 Å². The average molecular weight is 249 g/mol. The molecule has 1 rings (SSSR count). The fourth-order valence-corrected chi connectivity index (χ4v) is 2.77. The molecular formula is C12H11NO3S. The minimum Gasteiger partial charge on any atom is -0.377 e. The molecule has 5 heteroatoms. The topological polar surface area (TPSA) is 78.2 Å². The van der Waals surface area contributed by atoms with Crippen molar-refractivity contribution in [2.24, 2.45) is 0 Å². The van der Waals surface area contributed by atoms with Gasteiger partial charge >= 0.3 is 0 Å². The van der Waals surface area contributed by atoms with Gasteiger partial charge in [-0.2, -0.15) is 5.26 Å². The van der Waals surface area contributed by atoms with Crippen molar-refractivity contribution in [2.45, 2.75) is 17.4 Å². The molecule has 1 aromatic rings. The monoisotopic (exact) mass is 249 g/mol. The first-order valence-electron chi connectivity index (χ1n) is 4.74. The Morgan fingerprint density at radius 1 is 1.41 bits per heavy atom. The Kier molecular flexibility index (Phi) is 3.57. The van der Waals surface area contributed by atoms with Gasteiger partial charge < -0.3 is 5.11 Å². The zero-order chi connectivity index (χ0) is 13.1. The van der Waals surface area contributed by atoms with Crippen LogP contribution in [0.5, 0.6) is 0 Å². The summed E-state index contributed by atoms with van der Waals surface area (Å²) < 4.78 is 23.7. The van der Waals surface area contributed by atoms with Crippen LogP contribution in [0.2, 0.25) is 0 Å². The molecule has 88 valence electrons. The molecule has 1 unspecified atom stereocenters. The maximum atomic E-state index is 11.9. The van der Waals surface area contributed by atoms with Crippen molar-refractivity contribution in [3.8, 4) is 18.4 Å². The summed E-state index contributed by atoms with van der Waals surface area (Å²) in [4.78, 5) is 0.0343. The molecular weight excluding hydrogens is 238 g/mol. The first-order chi connectivity index (χ1) is 7.80. The second kappa shape index (κ2) is 4.58. The standard InChI is InChI=1S/C12H11NO3S/c1-3-12(2,14)9-17(15,16)11-6-4-10(8-13)5-7-11/h1,4-7,14H,9H2,2H3. The van der Waals surface area contributed by atoms with E-state index in [0.717, 1.165) is 0 Å². The zero-order valence-corrected chi connectivity index (χ0v) is 10.0. The Morgan fingerprint density at radius 2 is 1.94 bits per heavy atom. The van der Waals surface area contributed by atoms with E-state index >= 15 is 0 Å². The first-order valence-corrected chi connectivity index (χ1v) is 6.39. The van der Waals surface area contributed by atoms with Gasteiger partial charge in [-0.25, -0.2) is 8.42 Å². The number of terminal acetylenes is 1. The molecule has 0 fully saturated rings. The van der Waals surface area contributed by atoms with Crippen molar-refractivity contribution in [3.63, 3.8) is 0 Å². The maximum Gasteiger partial charge on any atom is 0.182 e. The van der Waals surface area contributed by atoms with Crippen molar-refractivity contribution in [3.05, 3.63) is 29.8 Å². The normalized spacial score (nSPS) is 14.4. The molecule has 0 radical (unpaired) electrons. The van der Waals surface area contributed by atoms with Crippen LogP contribution in [0.3, 0.4) is 0 Å². The molecule has 0 amide bonds. The van der Waals surface area contributed by atoms with Crippen LogP contribution in [0.1, 0.15) is 12.5 Å². The second-order valence-corrected chi connectivity index (χ2v) is 5.80. The number of aliphatic hydroxyl groups is 1. The Hall–Kier alpha value is -1.82. The van der Waals surface area contributed by atoms with E-state index < -0.39 is 21.2 Å². The summed E-state index contributed by atoms with van der Waals surface area (Å²) in [6, 6.07) is 7.33. The van der Waals surface area contributed by atoms with E-state index in [1.54, 1.807) is 0 Å². The molecule has 0 saturated carbocycles. The number of nitriles is 1. The Balaban J connectivity index is 3.08. The fourth-order valence-electron chi connectivity index (χ4n) is 1.23. The fraction of sp³-hybridized carbons (Fsp3) is 0.250. The van der Waals surface area contributed by atoms with E-state index in [4.69, 9.17) is 11.7 Å². The SMILES string of the molecule is C#CC(C)(O)CS(=O)(=O)c1ccc(C#N)cc1. The lowest BCUT2D eigenvalue weighted by Gasteiger charge is -2.15. The van der Waals surface area contributed by atoms with Gasteiger partial charge in [-0.3, -0.25) is 0 Å². The van der Waals surface area contributed by atoms with E-state index in [1.165, 1.54) is 31.2 Å². The highest BCUT2D eigenvalue weighted by Crippen LogP contribution is 2.16. The lowest BCUT2D eigenvalue weighted by Crippen LogP contribution is -2.32. The van der Waals surface area contributed by atoms with Crippen molar-refractivity contribution in [1.29, 1.82) is 5.26 Å². The van der Waals surface area contributed by atoms with Gasteiger partial charge in [0.1, 0.15) is 5.60 Å². The third-order valence-corrected chi connectivity index (χ3v) is 4.06. The summed E-state index contributed by atoms with van der Waals surface area (Å²) in [6.45, 7) is 1.26. The van der Waals surface area contributed by atoms with E-state index in [9.17, 15) is 13.5 Å². The third-order valence-electron chi connectivity index (χ3n) is 2.12. The van der Waals surface area contributed by atoms with Crippen LogP contribution in [0, 0.1) is 23.7 Å². The van der Waals surface area contributed by atoms with Gasteiger partial charge in [-0.05, 0) is 31.2 Å². The lowest BCUT2D eigenvalue weighted by molar-refractivity contribution is 0.146. The Morgan fingerprint density at radius 3 is 2.35 bits per heavy atom. The molecule has 17 heavy (non-hydrogen) atoms. The maximum absolute atomic E-state index is 11.9. The summed E-state index contributed by atoms with van der Waals surface area (Å²) >= 11 is 0. The summed E-state index contributed by atoms with van der Waals surface area (Å²) in [6.07, 6.45) is 5.03. The largest absolute Gasteiger partial charge is 0.377 e. The molecule has 1 N–H and O–H groups in total. The van der Waals surface area contributed by atoms with Crippen molar-refractivity contribution in [1.82, 2.24) is 0 Å². The zero-order valence-electron chi connectivity index (χ0n) is 9.21. The smallest absolute Gasteiger partial charge is 0.182 e. The van der Waals surface area contributed by atoms with Crippen LogP contribution in [-0.2, 0) is 9.84 Å². The lowest BCUT2D eigenvalue weighted by atomic mass is 10.2. The summed E-state index contributed by atoms with van der Waals surface area (Å²) in [5.74, 6) is 1.46. The highest BCUT2D eigenvalue weighted by Gasteiger charge is 2.27. The number of rotatable bonds is 3. The van der Waals surface area contributed by atoms with Crippen LogP contribution < -0.4 is 0 Å². The molecule has 4 nitrogen and oxygen atoms in total. The summed E-state index contributed by atoms with van der Waals surface area (Å²) in [5, 5.41) is 18.1. The predicted molar refractivity (Wildman–Crippen MR) is 62.7 cm³/mol. The molecule has 0 saturated heterocycles. The van der Waals surface area contributed by atoms with E-state index in [0.29, 0.717) is 5.56 Å². The Bertz CT molecular complexity index is 586. The van der Waals surface area contributed by atoms with Gasteiger partial charge in [0, 0.05) is 0 Å². The minimum atomic E-state index is -3.66. The van der Waals surface area contributed by atoms with Gasteiger partial charge in [-0.15, -0.1) is 6.42 Å². The third kappa shape index (κ3) is 3.32. The van der Waals surface area contributed by atoms with Crippen molar-refractivity contribution >= 4 is 9.84 Å². The average Bonchev–Trinajstić information content (AvgIpc) is 2.28. The van der Waals surface area contributed by atoms with E-state index in [2.05, 4.69) is 0 Å². The number of hydrogen-bond donors (Lipinski definition) is 1. The molecule has 0 heterocycles. The van der Waals surface area contributed by atoms with E-state index in [1.807, 2.05) is 12.0 Å². The van der Waals surface area contributed by atoms with Gasteiger partial charge in [0.2, 0.25) is 0 Å². The van der Waals surface area contributed by atoms with Gasteiger partial charge in [0.25, 0.3) is 0 Å². The first kappa shape index (κ1) is 13.2. The van der Waals surface area contributed by atoms with Crippen LogP contribution in [0.15, 0.2) is 29.2 Å². The van der Waals surface area contributed by atoms with Crippen LogP contribution in [0.4, 0.5) is 0 Å². The molecule has 0 spiro atoms. The molecule has 0 aliphatic carbocycles. The molecule has 0 aliphatic heterocycles. The highest BCUT2D eigenvalue weighted by atomic mass is 32.2. The quantitative estimate of drug-likeness (QED) is 0.800. The number of sulfone groups is 1. The van der Waals surface area contributed by atoms with Crippen LogP contribution in [-0.4, -0.2) is 24.9 Å². The van der Waals surface area contributed by atoms with Gasteiger partial charge in [0.05, 0.1) is 22.3 Å². The predicted octanol–water partition coefficient (Wildman–Crippen LogP) is 0.716. The second-order valence-electron chi connectivity index (χ2n) is 3.81. The number of benzene rings is 1. The van der Waals surface area contributed by atoms with Crippen molar-refractivity contribution < 1.29 is 13.5 Å². The molecule has 0 aromatic heterocycles. The number of hydrogen-bond acceptors (Lipinski definition) is 4. The highest BCUT2D eigenvalue weighted by molar-refractivity contribution is 7.91. The van der Waals surface area contributed by atoms with Crippen LogP contribution >= 0.6 is 0 Å². The van der Waals surface area contributed by atoms with E-state index in [-0.39, 0.29) is 4.90 Å². The van der Waals surface area contributed by atoms with Gasteiger partial charge in [0.15, 0.2) is 9.84 Å².